The highest BCUT2D eigenvalue weighted by molar-refractivity contribution is 5.38. The fourth-order valence-electron chi connectivity index (χ4n) is 1.55. The predicted molar refractivity (Wildman–Crippen MR) is 70.7 cm³/mol. The van der Waals surface area contributed by atoms with Gasteiger partial charge in [0.2, 0.25) is 6.08 Å². The molecule has 0 saturated heterocycles. The van der Waals surface area contributed by atoms with Crippen molar-refractivity contribution in [2.24, 2.45) is 4.99 Å². The van der Waals surface area contributed by atoms with Crippen LogP contribution in [0.5, 0.6) is 0 Å². The second kappa shape index (κ2) is 5.60. The van der Waals surface area contributed by atoms with Crippen LogP contribution in [0.25, 0.3) is 0 Å². The van der Waals surface area contributed by atoms with Gasteiger partial charge >= 0.3 is 0 Å². The van der Waals surface area contributed by atoms with Crippen molar-refractivity contribution >= 4 is 6.08 Å². The third-order valence-electron chi connectivity index (χ3n) is 2.73. The molecule has 0 N–H and O–H groups in total. The van der Waals surface area contributed by atoms with E-state index in [0.29, 0.717) is 0 Å². The van der Waals surface area contributed by atoms with Gasteiger partial charge in [0.25, 0.3) is 0 Å². The second-order valence-corrected chi connectivity index (χ2v) is 4.94. The van der Waals surface area contributed by atoms with Crippen LogP contribution in [0.4, 0.5) is 0 Å². The molecule has 0 atom stereocenters. The minimum absolute atomic E-state index is 0.489. The van der Waals surface area contributed by atoms with Gasteiger partial charge in [-0.3, -0.25) is 0 Å². The topological polar surface area (TPSA) is 29.4 Å². The highest BCUT2D eigenvalue weighted by atomic mass is 16.1. The first-order chi connectivity index (χ1) is 7.95. The minimum Gasteiger partial charge on any atom is -0.211 e. The molecule has 1 aromatic rings. The summed E-state index contributed by atoms with van der Waals surface area (Å²) in [7, 11) is 0. The van der Waals surface area contributed by atoms with E-state index in [2.05, 4.69) is 37.0 Å². The van der Waals surface area contributed by atoms with Crippen LogP contribution in [0.2, 0.25) is 0 Å². The van der Waals surface area contributed by atoms with E-state index < -0.39 is 5.54 Å². The number of allylic oxidation sites excluding steroid dienone is 2. The molecule has 0 bridgehead atoms. The molecule has 0 fully saturated rings. The minimum atomic E-state index is -0.489. The molecule has 1 rings (SSSR count). The average molecular weight is 229 g/mol. The number of hydrogen-bond donors (Lipinski definition) is 0. The van der Waals surface area contributed by atoms with Crippen LogP contribution in [0, 0.1) is 0 Å². The van der Waals surface area contributed by atoms with Crippen molar-refractivity contribution in [3.8, 4) is 0 Å². The van der Waals surface area contributed by atoms with Crippen molar-refractivity contribution in [2.45, 2.75) is 39.7 Å². The molecule has 1 aromatic carbocycles. The molecule has 0 aliphatic carbocycles. The van der Waals surface area contributed by atoms with Crippen LogP contribution in [-0.2, 0) is 16.8 Å². The van der Waals surface area contributed by atoms with Crippen molar-refractivity contribution < 1.29 is 4.79 Å². The maximum atomic E-state index is 10.3. The highest BCUT2D eigenvalue weighted by Gasteiger charge is 2.18. The van der Waals surface area contributed by atoms with Gasteiger partial charge in [-0.15, -0.1) is 0 Å². The van der Waals surface area contributed by atoms with Crippen molar-refractivity contribution in [1.29, 1.82) is 0 Å². The fourth-order valence-corrected chi connectivity index (χ4v) is 1.55. The average Bonchev–Trinajstić information content (AvgIpc) is 2.27. The first-order valence-corrected chi connectivity index (χ1v) is 5.77. The van der Waals surface area contributed by atoms with Crippen molar-refractivity contribution in [3.05, 3.63) is 47.0 Å². The van der Waals surface area contributed by atoms with E-state index in [1.807, 2.05) is 26.0 Å². The highest BCUT2D eigenvalue weighted by Crippen LogP contribution is 2.24. The Kier molecular flexibility index (Phi) is 4.42. The first kappa shape index (κ1) is 13.4. The molecule has 0 aromatic heterocycles. The van der Waals surface area contributed by atoms with Crippen molar-refractivity contribution in [2.75, 3.05) is 0 Å². The van der Waals surface area contributed by atoms with E-state index in [1.165, 1.54) is 11.1 Å². The van der Waals surface area contributed by atoms with Gasteiger partial charge in [0.15, 0.2) is 0 Å². The SMILES string of the molecule is CC(C)=CCc1ccc(C(C)(C)N=C=O)cc1. The number of rotatable bonds is 4. The molecule has 2 nitrogen and oxygen atoms in total. The van der Waals surface area contributed by atoms with Crippen LogP contribution < -0.4 is 0 Å². The lowest BCUT2D eigenvalue weighted by Crippen LogP contribution is -2.13. The normalized spacial score (nSPS) is 10.6. The van der Waals surface area contributed by atoms with E-state index in [-0.39, 0.29) is 0 Å². The van der Waals surface area contributed by atoms with Crippen molar-refractivity contribution in [3.63, 3.8) is 0 Å². The Labute approximate surface area is 103 Å². The van der Waals surface area contributed by atoms with Crippen LogP contribution >= 0.6 is 0 Å². The lowest BCUT2D eigenvalue weighted by molar-refractivity contribution is 0.523. The van der Waals surface area contributed by atoms with Crippen LogP contribution in [0.1, 0.15) is 38.8 Å². The Morgan fingerprint density at radius 2 is 1.88 bits per heavy atom. The van der Waals surface area contributed by atoms with Gasteiger partial charge in [0.05, 0.1) is 5.54 Å². The third kappa shape index (κ3) is 4.01. The molecule has 0 amide bonds. The lowest BCUT2D eigenvalue weighted by Gasteiger charge is -2.17. The van der Waals surface area contributed by atoms with Crippen LogP contribution in [-0.4, -0.2) is 6.08 Å². The summed E-state index contributed by atoms with van der Waals surface area (Å²) in [6.45, 7) is 8.00. The van der Waals surface area contributed by atoms with E-state index in [1.54, 1.807) is 6.08 Å². The summed E-state index contributed by atoms with van der Waals surface area (Å²) in [4.78, 5) is 14.2. The molecule has 0 aliphatic rings. The third-order valence-corrected chi connectivity index (χ3v) is 2.73. The van der Waals surface area contributed by atoms with Gasteiger partial charge in [-0.2, -0.15) is 4.99 Å². The summed E-state index contributed by atoms with van der Waals surface area (Å²) in [5, 5.41) is 0. The van der Waals surface area contributed by atoms with Crippen LogP contribution in [0.15, 0.2) is 40.9 Å². The standard InChI is InChI=1S/C15H19NO/c1-12(2)5-6-13-7-9-14(10-8-13)15(3,4)16-11-17/h5,7-10H,6H2,1-4H3. The molecular formula is C15H19NO. The Hall–Kier alpha value is -1.66. The maximum absolute atomic E-state index is 10.3. The summed E-state index contributed by atoms with van der Waals surface area (Å²) in [6, 6.07) is 8.21. The number of aliphatic imine (C=N–C) groups is 1. The van der Waals surface area contributed by atoms with E-state index in [0.717, 1.165) is 12.0 Å². The fraction of sp³-hybridized carbons (Fsp3) is 0.400. The molecule has 0 unspecified atom stereocenters. The molecule has 2 heteroatoms. The van der Waals surface area contributed by atoms with E-state index in [4.69, 9.17) is 0 Å². The number of benzene rings is 1. The first-order valence-electron chi connectivity index (χ1n) is 5.77. The van der Waals surface area contributed by atoms with Gasteiger partial charge in [-0.1, -0.05) is 35.9 Å². The smallest absolute Gasteiger partial charge is 0.211 e. The second-order valence-electron chi connectivity index (χ2n) is 4.94. The molecule has 90 valence electrons. The monoisotopic (exact) mass is 229 g/mol. The zero-order valence-corrected chi connectivity index (χ0v) is 10.9. The number of hydrogen-bond acceptors (Lipinski definition) is 2. The van der Waals surface area contributed by atoms with Gasteiger partial charge in [-0.25, -0.2) is 4.79 Å². The van der Waals surface area contributed by atoms with E-state index in [9.17, 15) is 4.79 Å². The molecule has 17 heavy (non-hydrogen) atoms. The zero-order valence-electron chi connectivity index (χ0n) is 10.9. The molecule has 0 heterocycles. The lowest BCUT2D eigenvalue weighted by atomic mass is 9.94. The van der Waals surface area contributed by atoms with Crippen LogP contribution in [0.3, 0.4) is 0 Å². The Morgan fingerprint density at radius 1 is 1.29 bits per heavy atom. The number of isocyanates is 1. The Morgan fingerprint density at radius 3 is 2.35 bits per heavy atom. The van der Waals surface area contributed by atoms with Gasteiger partial charge in [0, 0.05) is 0 Å². The van der Waals surface area contributed by atoms with Gasteiger partial charge in [0.1, 0.15) is 0 Å². The van der Waals surface area contributed by atoms with E-state index >= 15 is 0 Å². The molecule has 0 aliphatic heterocycles. The largest absolute Gasteiger partial charge is 0.235 e. The quantitative estimate of drug-likeness (QED) is 0.439. The van der Waals surface area contributed by atoms with Gasteiger partial charge in [-0.05, 0) is 45.2 Å². The molecular weight excluding hydrogens is 210 g/mol. The number of nitrogens with zero attached hydrogens (tertiary/aromatic N) is 1. The summed E-state index contributed by atoms with van der Waals surface area (Å²) in [5.41, 5.74) is 3.12. The predicted octanol–water partition coefficient (Wildman–Crippen LogP) is 3.77. The molecule has 0 radical (unpaired) electrons. The Balaban J connectivity index is 2.88. The maximum Gasteiger partial charge on any atom is 0.235 e. The summed E-state index contributed by atoms with van der Waals surface area (Å²) < 4.78 is 0. The summed E-state index contributed by atoms with van der Waals surface area (Å²) in [5.74, 6) is 0. The van der Waals surface area contributed by atoms with Gasteiger partial charge < -0.3 is 0 Å². The Bertz CT molecular complexity index is 444. The molecule has 0 spiro atoms. The molecule has 0 saturated carbocycles. The summed E-state index contributed by atoms with van der Waals surface area (Å²) >= 11 is 0. The summed E-state index contributed by atoms with van der Waals surface area (Å²) in [6.07, 6.45) is 4.77. The zero-order chi connectivity index (χ0) is 12.9. The van der Waals surface area contributed by atoms with Crippen molar-refractivity contribution in [1.82, 2.24) is 0 Å². The number of carbonyl (C=O) groups excluding carboxylic acids is 1.